The number of benzene rings is 1. The average molecular weight is 541 g/mol. The lowest BCUT2D eigenvalue weighted by molar-refractivity contribution is -0.192. The Hall–Kier alpha value is -2.74. The molecule has 11 nitrogen and oxygen atoms in total. The van der Waals surface area contributed by atoms with Crippen LogP contribution in [0.2, 0.25) is 0 Å². The van der Waals surface area contributed by atoms with Crippen molar-refractivity contribution in [3.8, 4) is 5.75 Å². The Kier molecular flexibility index (Phi) is 9.28. The number of fused-ring (bicyclic) bond motifs is 1. The molecule has 2 aliphatic rings. The summed E-state index contributed by atoms with van der Waals surface area (Å²) in [6.07, 6.45) is 1.29. The highest BCUT2D eigenvalue weighted by Crippen LogP contribution is 2.46. The molecule has 1 aromatic rings. The van der Waals surface area contributed by atoms with Crippen molar-refractivity contribution in [2.45, 2.75) is 30.9 Å². The first kappa shape index (κ1) is 27.8. The van der Waals surface area contributed by atoms with Gasteiger partial charge < -0.3 is 29.2 Å². The van der Waals surface area contributed by atoms with Gasteiger partial charge in [0.25, 0.3) is 17.5 Å². The molecule has 0 radical (unpaired) electrons. The van der Waals surface area contributed by atoms with Crippen molar-refractivity contribution < 1.29 is 43.0 Å². The fraction of sp³-hybridized carbons (Fsp3) is 0.478. The number of hydrogen-bond acceptors (Lipinski definition) is 9. The molecule has 0 saturated carbocycles. The zero-order valence-electron chi connectivity index (χ0n) is 20.1. The number of thioether (sulfide) groups is 1. The average Bonchev–Trinajstić information content (AvgIpc) is 2.85. The van der Waals surface area contributed by atoms with E-state index in [4.69, 9.17) is 14.2 Å². The molecule has 0 aliphatic carbocycles. The Morgan fingerprint density at radius 2 is 1.97 bits per heavy atom. The number of carboxylic acid groups (broad SMARTS) is 1. The summed E-state index contributed by atoms with van der Waals surface area (Å²) in [5.74, 6) is -2.46. The lowest BCUT2D eigenvalue weighted by Crippen LogP contribution is -2.81. The number of nitrogens with one attached hydrogen (secondary N) is 1. The number of carboxylic acids is 1. The monoisotopic (exact) mass is 540 g/mol. The Morgan fingerprint density at radius 3 is 2.56 bits per heavy atom. The van der Waals surface area contributed by atoms with E-state index in [0.29, 0.717) is 18.6 Å². The summed E-state index contributed by atoms with van der Waals surface area (Å²) < 4.78 is 27.9. The summed E-state index contributed by atoms with van der Waals surface area (Å²) in [7, 11) is 2.82. The van der Waals surface area contributed by atoms with Gasteiger partial charge in [0, 0.05) is 25.4 Å². The number of amides is 2. The SMILES string of the molecule is COc1ccc(CCC[S+]([O-])CC(=O)N[C@]2(OC)C(=O)N3C(C(=O)O)=C(COC(C)=O)CS[C@@H]32)cc1. The van der Waals surface area contributed by atoms with Gasteiger partial charge in [-0.3, -0.25) is 19.3 Å². The highest BCUT2D eigenvalue weighted by molar-refractivity contribution is 8.00. The summed E-state index contributed by atoms with van der Waals surface area (Å²) >= 11 is -0.296. The lowest BCUT2D eigenvalue weighted by Gasteiger charge is -2.55. The molecule has 2 heterocycles. The first-order chi connectivity index (χ1) is 17.1. The van der Waals surface area contributed by atoms with Gasteiger partial charge in [0.15, 0.2) is 5.75 Å². The molecule has 2 aliphatic heterocycles. The van der Waals surface area contributed by atoms with Crippen LogP contribution in [0, 0.1) is 0 Å². The molecule has 1 aromatic carbocycles. The number of rotatable bonds is 12. The van der Waals surface area contributed by atoms with E-state index in [1.165, 1.54) is 25.8 Å². The molecule has 0 bridgehead atoms. The number of carbonyl (C=O) groups is 4. The summed E-state index contributed by atoms with van der Waals surface area (Å²) in [5, 5.41) is 11.4. The van der Waals surface area contributed by atoms with Crippen molar-refractivity contribution >= 4 is 46.7 Å². The highest BCUT2D eigenvalue weighted by atomic mass is 32.2. The summed E-state index contributed by atoms with van der Waals surface area (Å²) in [5.41, 5.74) is -0.751. The van der Waals surface area contributed by atoms with Crippen LogP contribution in [0.25, 0.3) is 0 Å². The van der Waals surface area contributed by atoms with E-state index in [1.807, 2.05) is 24.3 Å². The van der Waals surface area contributed by atoms with Crippen LogP contribution >= 0.6 is 11.8 Å². The van der Waals surface area contributed by atoms with Crippen LogP contribution < -0.4 is 10.1 Å². The minimum Gasteiger partial charge on any atom is -0.616 e. The quantitative estimate of drug-likeness (QED) is 0.167. The van der Waals surface area contributed by atoms with Crippen molar-refractivity contribution in [1.29, 1.82) is 0 Å². The number of nitrogens with zero attached hydrogens (tertiary/aromatic N) is 1. The van der Waals surface area contributed by atoms with Gasteiger partial charge in [-0.1, -0.05) is 12.1 Å². The first-order valence-electron chi connectivity index (χ1n) is 11.0. The first-order valence-corrected chi connectivity index (χ1v) is 13.5. The van der Waals surface area contributed by atoms with Gasteiger partial charge in [0.05, 0.1) is 7.11 Å². The molecular formula is C23H28N2O9S2. The Labute approximate surface area is 215 Å². The van der Waals surface area contributed by atoms with E-state index < -0.39 is 46.0 Å². The number of β-lactam (4-membered cyclic amide) rings is 1. The molecule has 1 fully saturated rings. The minimum atomic E-state index is -1.78. The van der Waals surface area contributed by atoms with Crippen molar-refractivity contribution in [2.24, 2.45) is 0 Å². The fourth-order valence-corrected chi connectivity index (χ4v) is 6.33. The third-order valence-electron chi connectivity index (χ3n) is 5.70. The van der Waals surface area contributed by atoms with Crippen LogP contribution in [0.1, 0.15) is 18.9 Å². The number of aryl methyl sites for hydroxylation is 1. The zero-order chi connectivity index (χ0) is 26.5. The molecule has 1 unspecified atom stereocenters. The Morgan fingerprint density at radius 1 is 1.28 bits per heavy atom. The number of aliphatic carboxylic acids is 1. The van der Waals surface area contributed by atoms with Crippen LogP contribution in [0.5, 0.6) is 5.75 Å². The summed E-state index contributed by atoms with van der Waals surface area (Å²) in [6, 6.07) is 7.53. The predicted molar refractivity (Wildman–Crippen MR) is 131 cm³/mol. The van der Waals surface area contributed by atoms with Gasteiger partial charge in [0.2, 0.25) is 0 Å². The maximum Gasteiger partial charge on any atom is 0.352 e. The van der Waals surface area contributed by atoms with E-state index in [1.54, 1.807) is 7.11 Å². The van der Waals surface area contributed by atoms with E-state index in [2.05, 4.69) is 5.32 Å². The number of ether oxygens (including phenoxy) is 3. The van der Waals surface area contributed by atoms with Gasteiger partial charge in [0.1, 0.15) is 29.2 Å². The smallest absolute Gasteiger partial charge is 0.352 e. The normalized spacial score (nSPS) is 21.8. The molecule has 2 N–H and O–H groups in total. The number of methoxy groups -OCH3 is 2. The molecule has 13 heteroatoms. The largest absolute Gasteiger partial charge is 0.616 e. The van der Waals surface area contributed by atoms with Crippen LogP contribution in [0.3, 0.4) is 0 Å². The Balaban J connectivity index is 1.57. The molecule has 1 saturated heterocycles. The zero-order valence-corrected chi connectivity index (χ0v) is 21.7. The second-order valence-corrected chi connectivity index (χ2v) is 10.7. The van der Waals surface area contributed by atoms with E-state index in [-0.39, 0.29) is 29.4 Å². The second-order valence-electron chi connectivity index (χ2n) is 8.10. The maximum absolute atomic E-state index is 13.0. The topological polar surface area (TPSA) is 155 Å². The molecule has 0 aromatic heterocycles. The highest BCUT2D eigenvalue weighted by Gasteiger charge is 2.66. The van der Waals surface area contributed by atoms with Crippen molar-refractivity contribution in [2.75, 3.05) is 38.1 Å². The van der Waals surface area contributed by atoms with Gasteiger partial charge in [-0.25, -0.2) is 4.79 Å². The van der Waals surface area contributed by atoms with Crippen molar-refractivity contribution in [3.05, 3.63) is 41.1 Å². The van der Waals surface area contributed by atoms with Gasteiger partial charge in [-0.2, -0.15) is 0 Å². The third kappa shape index (κ3) is 5.97. The molecule has 0 spiro atoms. The maximum atomic E-state index is 13.0. The van der Waals surface area contributed by atoms with Crippen LogP contribution in [-0.4, -0.2) is 87.5 Å². The fourth-order valence-electron chi connectivity index (χ4n) is 3.93. The predicted octanol–water partition coefficient (Wildman–Crippen LogP) is 0.652. The van der Waals surface area contributed by atoms with Gasteiger partial charge in [-0.05, 0) is 41.7 Å². The summed E-state index contributed by atoms with van der Waals surface area (Å²) in [6.45, 7) is 0.936. The van der Waals surface area contributed by atoms with Crippen LogP contribution in [0.4, 0.5) is 0 Å². The van der Waals surface area contributed by atoms with Crippen LogP contribution in [-0.2, 0) is 46.2 Å². The third-order valence-corrected chi connectivity index (χ3v) is 8.40. The molecule has 2 amide bonds. The van der Waals surface area contributed by atoms with Crippen LogP contribution in [0.15, 0.2) is 35.5 Å². The van der Waals surface area contributed by atoms with E-state index in [0.717, 1.165) is 16.2 Å². The van der Waals surface area contributed by atoms with Gasteiger partial charge in [-0.15, -0.1) is 11.8 Å². The minimum absolute atomic E-state index is 0.154. The second kappa shape index (κ2) is 12.0. The van der Waals surface area contributed by atoms with Crippen molar-refractivity contribution in [3.63, 3.8) is 0 Å². The summed E-state index contributed by atoms with van der Waals surface area (Å²) in [4.78, 5) is 49.7. The number of carbonyl (C=O) groups excluding carboxylic acids is 3. The molecule has 36 heavy (non-hydrogen) atoms. The van der Waals surface area contributed by atoms with E-state index in [9.17, 15) is 28.8 Å². The molecule has 196 valence electrons. The number of esters is 1. The molecular weight excluding hydrogens is 512 g/mol. The molecule has 3 rings (SSSR count). The lowest BCUT2D eigenvalue weighted by atomic mass is 9.98. The van der Waals surface area contributed by atoms with Gasteiger partial charge >= 0.3 is 11.9 Å². The Bertz CT molecular complexity index is 1050. The van der Waals surface area contributed by atoms with Crippen molar-refractivity contribution in [1.82, 2.24) is 10.2 Å². The molecule has 3 atom stereocenters. The number of hydrogen-bond donors (Lipinski definition) is 2. The standard InChI is InChI=1S/C23H28N2O9S2/c1-14(26)34-11-16-12-35-22-23(33-3,21(30)25(22)19(16)20(28)29)24-18(27)13-36(31)10-4-5-15-6-8-17(32-2)9-7-15/h6-9,22H,4-5,10-13H2,1-3H3,(H,24,27)(H,28,29)/t22-,23+,36?/m1/s1. The van der Waals surface area contributed by atoms with E-state index >= 15 is 0 Å².